The molecule has 0 bridgehead atoms. The fraction of sp³-hybridized carbons (Fsp3) is 0.429. The normalized spacial score (nSPS) is 27.2. The summed E-state index contributed by atoms with van der Waals surface area (Å²) in [4.78, 5) is 23.6. The van der Waals surface area contributed by atoms with E-state index in [1.807, 2.05) is 0 Å². The summed E-state index contributed by atoms with van der Waals surface area (Å²) in [6.07, 6.45) is 0.131. The number of halogens is 1. The third-order valence-corrected chi connectivity index (χ3v) is 3.48. The molecule has 102 valence electrons. The molecule has 2 amide bonds. The molecule has 19 heavy (non-hydrogen) atoms. The molecule has 1 aromatic carbocycles. The Hall–Kier alpha value is -1.75. The molecule has 1 N–H and O–H groups in total. The molecule has 5 heteroatoms. The van der Waals surface area contributed by atoms with Gasteiger partial charge in [-0.1, -0.05) is 25.1 Å². The van der Waals surface area contributed by atoms with E-state index in [1.165, 1.54) is 13.2 Å². The molecule has 2 rings (SSSR count). The van der Waals surface area contributed by atoms with Crippen LogP contribution in [-0.2, 0) is 14.3 Å². The highest BCUT2D eigenvalue weighted by Gasteiger charge is 2.47. The number of piperidine rings is 1. The first-order valence-electron chi connectivity index (χ1n) is 6.05. The highest BCUT2D eigenvalue weighted by atomic mass is 19.1. The lowest BCUT2D eigenvalue weighted by Gasteiger charge is -2.39. The van der Waals surface area contributed by atoms with E-state index in [-0.39, 0.29) is 18.9 Å². The summed E-state index contributed by atoms with van der Waals surface area (Å²) >= 11 is 0. The minimum absolute atomic E-state index is 0.131. The average molecular weight is 265 g/mol. The fourth-order valence-corrected chi connectivity index (χ4v) is 2.73. The van der Waals surface area contributed by atoms with Crippen LogP contribution in [0.5, 0.6) is 0 Å². The number of carbonyl (C=O) groups is 2. The van der Waals surface area contributed by atoms with Gasteiger partial charge in [-0.2, -0.15) is 0 Å². The van der Waals surface area contributed by atoms with Gasteiger partial charge in [0.1, 0.15) is 5.82 Å². The maximum atomic E-state index is 13.9. The number of hydrogen-bond donors (Lipinski definition) is 1. The number of rotatable bonds is 3. The third-order valence-electron chi connectivity index (χ3n) is 3.48. The summed E-state index contributed by atoms with van der Waals surface area (Å²) in [5.41, 5.74) is -0.442. The molecule has 1 aliphatic rings. The Bertz CT molecular complexity index is 517. The van der Waals surface area contributed by atoms with Crippen LogP contribution >= 0.6 is 0 Å². The Labute approximate surface area is 110 Å². The Morgan fingerprint density at radius 2 is 2.11 bits per heavy atom. The number of carbonyl (C=O) groups excluding carboxylic acids is 2. The molecule has 0 aromatic heterocycles. The smallest absolute Gasteiger partial charge is 0.234 e. The van der Waals surface area contributed by atoms with Crippen molar-refractivity contribution in [3.63, 3.8) is 0 Å². The van der Waals surface area contributed by atoms with Gasteiger partial charge in [-0.15, -0.1) is 0 Å². The highest BCUT2D eigenvalue weighted by Crippen LogP contribution is 2.42. The summed E-state index contributed by atoms with van der Waals surface area (Å²) in [7, 11) is 1.50. The molecule has 1 heterocycles. The van der Waals surface area contributed by atoms with E-state index in [0.29, 0.717) is 5.56 Å². The lowest BCUT2D eigenvalue weighted by atomic mass is 9.69. The molecule has 0 radical (unpaired) electrons. The van der Waals surface area contributed by atoms with Crippen LogP contribution in [0.15, 0.2) is 24.3 Å². The zero-order valence-corrected chi connectivity index (χ0v) is 10.9. The second-order valence-electron chi connectivity index (χ2n) is 5.13. The van der Waals surface area contributed by atoms with E-state index in [1.54, 1.807) is 25.1 Å². The van der Waals surface area contributed by atoms with E-state index < -0.39 is 23.1 Å². The van der Waals surface area contributed by atoms with Crippen LogP contribution in [-0.4, -0.2) is 25.5 Å². The molecule has 0 spiro atoms. The largest absolute Gasteiger partial charge is 0.384 e. The number of benzene rings is 1. The maximum absolute atomic E-state index is 13.9. The van der Waals surface area contributed by atoms with E-state index in [2.05, 4.69) is 5.32 Å². The van der Waals surface area contributed by atoms with Crippen molar-refractivity contribution < 1.29 is 18.7 Å². The number of amides is 2. The molecule has 1 fully saturated rings. The lowest BCUT2D eigenvalue weighted by molar-refractivity contribution is -0.141. The number of methoxy groups -OCH3 is 1. The van der Waals surface area contributed by atoms with Gasteiger partial charge in [0.05, 0.1) is 12.5 Å². The highest BCUT2D eigenvalue weighted by molar-refractivity contribution is 6.02. The Morgan fingerprint density at radius 1 is 1.42 bits per heavy atom. The first-order chi connectivity index (χ1) is 8.98. The molecule has 4 nitrogen and oxygen atoms in total. The molecule has 2 atom stereocenters. The van der Waals surface area contributed by atoms with Gasteiger partial charge < -0.3 is 4.74 Å². The zero-order valence-electron chi connectivity index (χ0n) is 10.9. The van der Waals surface area contributed by atoms with Crippen LogP contribution in [0, 0.1) is 11.2 Å². The predicted molar refractivity (Wildman–Crippen MR) is 66.9 cm³/mol. The number of nitrogens with one attached hydrogen (secondary N) is 1. The first-order valence-corrected chi connectivity index (χ1v) is 6.05. The molecule has 1 aromatic rings. The van der Waals surface area contributed by atoms with Crippen molar-refractivity contribution in [1.82, 2.24) is 5.32 Å². The average Bonchev–Trinajstić information content (AvgIpc) is 2.30. The standard InChI is InChI=1S/C14H16FNO3/c1-14(8-19-2)7-11(17)16-13(18)12(14)9-5-3-4-6-10(9)15/h3-6,12H,7-8H2,1-2H3,(H,16,17,18). The van der Waals surface area contributed by atoms with Crippen molar-refractivity contribution in [2.45, 2.75) is 19.3 Å². The van der Waals surface area contributed by atoms with Gasteiger partial charge in [-0.05, 0) is 6.07 Å². The van der Waals surface area contributed by atoms with E-state index in [9.17, 15) is 14.0 Å². The summed E-state index contributed by atoms with van der Waals surface area (Å²) in [5, 5.41) is 2.27. The minimum Gasteiger partial charge on any atom is -0.384 e. The van der Waals surface area contributed by atoms with Crippen molar-refractivity contribution in [2.24, 2.45) is 5.41 Å². The molecule has 2 unspecified atom stereocenters. The van der Waals surface area contributed by atoms with Crippen molar-refractivity contribution in [2.75, 3.05) is 13.7 Å². The second-order valence-corrected chi connectivity index (χ2v) is 5.13. The van der Waals surface area contributed by atoms with E-state index in [0.717, 1.165) is 0 Å². The zero-order chi connectivity index (χ0) is 14.0. The van der Waals surface area contributed by atoms with E-state index in [4.69, 9.17) is 4.74 Å². The molecule has 0 saturated carbocycles. The molecule has 0 aliphatic carbocycles. The minimum atomic E-state index is -0.740. The fourth-order valence-electron chi connectivity index (χ4n) is 2.73. The van der Waals surface area contributed by atoms with Gasteiger partial charge in [0.15, 0.2) is 0 Å². The SMILES string of the molecule is COCC1(C)CC(=O)NC(=O)C1c1ccccc1F. The van der Waals surface area contributed by atoms with Gasteiger partial charge in [-0.3, -0.25) is 14.9 Å². The van der Waals surface area contributed by atoms with Crippen LogP contribution < -0.4 is 5.32 Å². The van der Waals surface area contributed by atoms with Crippen LogP contribution in [0.4, 0.5) is 4.39 Å². The van der Waals surface area contributed by atoms with Gasteiger partial charge in [0, 0.05) is 24.5 Å². The predicted octanol–water partition coefficient (Wildman–Crippen LogP) is 1.61. The summed E-state index contributed by atoms with van der Waals surface area (Å²) < 4.78 is 19.0. The maximum Gasteiger partial charge on any atom is 0.234 e. The molecular weight excluding hydrogens is 249 g/mol. The lowest BCUT2D eigenvalue weighted by Crippen LogP contribution is -2.51. The first kappa shape index (κ1) is 13.7. The van der Waals surface area contributed by atoms with Gasteiger partial charge >= 0.3 is 0 Å². The van der Waals surface area contributed by atoms with Crippen molar-refractivity contribution in [3.8, 4) is 0 Å². The van der Waals surface area contributed by atoms with Gasteiger partial charge in [-0.25, -0.2) is 4.39 Å². The quantitative estimate of drug-likeness (QED) is 0.845. The Balaban J connectivity index is 2.47. The van der Waals surface area contributed by atoms with Gasteiger partial charge in [0.25, 0.3) is 0 Å². The van der Waals surface area contributed by atoms with Gasteiger partial charge in [0.2, 0.25) is 11.8 Å². The van der Waals surface area contributed by atoms with E-state index >= 15 is 0 Å². The van der Waals surface area contributed by atoms with Crippen molar-refractivity contribution in [3.05, 3.63) is 35.6 Å². The van der Waals surface area contributed by atoms with Crippen LogP contribution in [0.3, 0.4) is 0 Å². The molecule has 1 saturated heterocycles. The second kappa shape index (κ2) is 5.09. The van der Waals surface area contributed by atoms with Crippen molar-refractivity contribution >= 4 is 11.8 Å². The Morgan fingerprint density at radius 3 is 2.74 bits per heavy atom. The third kappa shape index (κ3) is 2.51. The van der Waals surface area contributed by atoms with Crippen LogP contribution in [0.1, 0.15) is 24.8 Å². The van der Waals surface area contributed by atoms with Crippen LogP contribution in [0.2, 0.25) is 0 Å². The van der Waals surface area contributed by atoms with Crippen LogP contribution in [0.25, 0.3) is 0 Å². The number of imide groups is 1. The Kier molecular flexibility index (Phi) is 3.66. The molecular formula is C14H16FNO3. The van der Waals surface area contributed by atoms with Crippen molar-refractivity contribution in [1.29, 1.82) is 0 Å². The summed E-state index contributed by atoms with van der Waals surface area (Å²) in [5.74, 6) is -2.00. The topological polar surface area (TPSA) is 55.4 Å². The number of hydrogen-bond acceptors (Lipinski definition) is 3. The summed E-state index contributed by atoms with van der Waals surface area (Å²) in [6, 6.07) is 6.13. The monoisotopic (exact) mass is 265 g/mol. The number of ether oxygens (including phenoxy) is 1. The molecule has 1 aliphatic heterocycles. The summed E-state index contributed by atoms with van der Waals surface area (Å²) in [6.45, 7) is 1.98.